The van der Waals surface area contributed by atoms with E-state index in [4.69, 9.17) is 4.42 Å². The van der Waals surface area contributed by atoms with Gasteiger partial charge in [-0.3, -0.25) is 9.59 Å². The zero-order chi connectivity index (χ0) is 20.2. The number of aromatic nitrogens is 1. The van der Waals surface area contributed by atoms with Crippen LogP contribution in [0, 0.1) is 0 Å². The molecule has 1 fully saturated rings. The lowest BCUT2D eigenvalue weighted by Crippen LogP contribution is -2.49. The molecule has 1 saturated heterocycles. The van der Waals surface area contributed by atoms with Gasteiger partial charge >= 0.3 is 0 Å². The fraction of sp³-hybridized carbons (Fsp3) is 0.348. The second kappa shape index (κ2) is 8.47. The Morgan fingerprint density at radius 2 is 2.10 bits per heavy atom. The molecule has 0 saturated carbocycles. The van der Waals surface area contributed by atoms with Crippen molar-refractivity contribution in [2.75, 3.05) is 13.1 Å². The molecule has 1 atom stereocenters. The molecule has 2 aromatic heterocycles. The van der Waals surface area contributed by atoms with Gasteiger partial charge in [0.1, 0.15) is 5.69 Å². The van der Waals surface area contributed by atoms with Gasteiger partial charge < -0.3 is 14.6 Å². The summed E-state index contributed by atoms with van der Waals surface area (Å²) in [7, 11) is 0. The van der Waals surface area contributed by atoms with Gasteiger partial charge in [0.15, 0.2) is 5.76 Å². The number of rotatable bonds is 5. The highest BCUT2D eigenvalue weighted by molar-refractivity contribution is 6.07. The van der Waals surface area contributed by atoms with Crippen molar-refractivity contribution in [1.29, 1.82) is 0 Å². The van der Waals surface area contributed by atoms with E-state index in [1.54, 1.807) is 6.26 Å². The summed E-state index contributed by atoms with van der Waals surface area (Å²) in [5.41, 5.74) is 2.01. The van der Waals surface area contributed by atoms with Gasteiger partial charge in [-0.05, 0) is 43.5 Å². The van der Waals surface area contributed by atoms with E-state index in [1.165, 1.54) is 0 Å². The Bertz CT molecular complexity index is 1010. The molecule has 6 nitrogen and oxygen atoms in total. The minimum atomic E-state index is -0.0363. The first-order chi connectivity index (χ1) is 14.2. The summed E-state index contributed by atoms with van der Waals surface area (Å²) in [6.45, 7) is 3.20. The smallest absolute Gasteiger partial charge is 0.254 e. The summed E-state index contributed by atoms with van der Waals surface area (Å²) < 4.78 is 5.50. The normalized spacial score (nSPS) is 16.7. The lowest BCUT2D eigenvalue weighted by molar-refractivity contribution is -0.122. The topological polar surface area (TPSA) is 75.4 Å². The average Bonchev–Trinajstić information content (AvgIpc) is 3.28. The number of hydrogen-bond donors (Lipinski definition) is 1. The molecule has 1 aliphatic rings. The Morgan fingerprint density at radius 1 is 1.24 bits per heavy atom. The lowest BCUT2D eigenvalue weighted by Gasteiger charge is -2.33. The number of para-hydroxylation sites is 1. The number of piperidine rings is 1. The number of fused-ring (bicyclic) bond motifs is 1. The van der Waals surface area contributed by atoms with Crippen LogP contribution in [0.2, 0.25) is 0 Å². The van der Waals surface area contributed by atoms with Gasteiger partial charge in [0.05, 0.1) is 17.3 Å². The number of hydrogen-bond acceptors (Lipinski definition) is 4. The van der Waals surface area contributed by atoms with Crippen LogP contribution in [0.1, 0.15) is 43.0 Å². The molecule has 1 unspecified atom stereocenters. The number of likely N-dealkylation sites (tertiary alicyclic amines) is 1. The predicted molar refractivity (Wildman–Crippen MR) is 111 cm³/mol. The van der Waals surface area contributed by atoms with Crippen LogP contribution in [0.25, 0.3) is 22.4 Å². The lowest BCUT2D eigenvalue weighted by atomic mass is 10.0. The molecule has 3 aromatic rings. The number of pyridine rings is 1. The maximum atomic E-state index is 13.4. The third-order valence-corrected chi connectivity index (χ3v) is 5.27. The molecule has 6 heteroatoms. The summed E-state index contributed by atoms with van der Waals surface area (Å²) in [5, 5.41) is 3.89. The number of nitrogens with zero attached hydrogens (tertiary/aromatic N) is 2. The van der Waals surface area contributed by atoms with Crippen LogP contribution in [-0.4, -0.2) is 40.8 Å². The zero-order valence-corrected chi connectivity index (χ0v) is 16.6. The summed E-state index contributed by atoms with van der Waals surface area (Å²) in [4.78, 5) is 31.9. The third-order valence-electron chi connectivity index (χ3n) is 5.27. The molecular weight excluding hydrogens is 366 g/mol. The molecular formula is C23H25N3O3. The Kier molecular flexibility index (Phi) is 5.60. The molecule has 0 bridgehead atoms. The maximum Gasteiger partial charge on any atom is 0.254 e. The van der Waals surface area contributed by atoms with E-state index >= 15 is 0 Å². The summed E-state index contributed by atoms with van der Waals surface area (Å²) in [6, 6.07) is 13.1. The molecule has 0 radical (unpaired) electrons. The Balaban J connectivity index is 1.63. The van der Waals surface area contributed by atoms with Gasteiger partial charge in [-0.15, -0.1) is 0 Å². The first-order valence-corrected chi connectivity index (χ1v) is 10.2. The number of nitrogens with one attached hydrogen (secondary N) is 1. The molecule has 0 aliphatic carbocycles. The fourth-order valence-corrected chi connectivity index (χ4v) is 3.88. The summed E-state index contributed by atoms with van der Waals surface area (Å²) in [6.07, 6.45) is 4.71. The van der Waals surface area contributed by atoms with Gasteiger partial charge in [-0.2, -0.15) is 0 Å². The molecule has 4 rings (SSSR count). The van der Waals surface area contributed by atoms with Crippen LogP contribution in [0.15, 0.2) is 53.1 Å². The molecule has 150 valence electrons. The van der Waals surface area contributed by atoms with Gasteiger partial charge in [-0.25, -0.2) is 4.98 Å². The molecule has 0 spiro atoms. The molecule has 3 heterocycles. The summed E-state index contributed by atoms with van der Waals surface area (Å²) in [5.74, 6) is 0.653. The second-order valence-corrected chi connectivity index (χ2v) is 7.46. The largest absolute Gasteiger partial charge is 0.463 e. The van der Waals surface area contributed by atoms with Crippen LogP contribution in [0.3, 0.4) is 0 Å². The van der Waals surface area contributed by atoms with Crippen LogP contribution in [0.4, 0.5) is 0 Å². The molecule has 29 heavy (non-hydrogen) atoms. The van der Waals surface area contributed by atoms with Gasteiger partial charge in [0, 0.05) is 30.9 Å². The first kappa shape index (κ1) is 19.2. The van der Waals surface area contributed by atoms with Crippen molar-refractivity contribution in [2.24, 2.45) is 0 Å². The average molecular weight is 391 g/mol. The monoisotopic (exact) mass is 391 g/mol. The Hall–Kier alpha value is -3.15. The SMILES string of the molecule is CCCC(=O)NC1CCCN(C(=O)c2cc(-c3ccco3)nc3ccccc23)C1. The highest BCUT2D eigenvalue weighted by atomic mass is 16.3. The van der Waals surface area contributed by atoms with Crippen molar-refractivity contribution in [3.63, 3.8) is 0 Å². The minimum absolute atomic E-state index is 0.00407. The maximum absolute atomic E-state index is 13.4. The quantitative estimate of drug-likeness (QED) is 0.713. The number of furan rings is 1. The van der Waals surface area contributed by atoms with Crippen LogP contribution >= 0.6 is 0 Å². The Labute approximate surface area is 169 Å². The number of benzene rings is 1. The van der Waals surface area contributed by atoms with Crippen molar-refractivity contribution >= 4 is 22.7 Å². The van der Waals surface area contributed by atoms with E-state index in [0.717, 1.165) is 30.2 Å². The van der Waals surface area contributed by atoms with Crippen LogP contribution < -0.4 is 5.32 Å². The predicted octanol–water partition coefficient (Wildman–Crippen LogP) is 4.02. The van der Waals surface area contributed by atoms with Gasteiger partial charge in [0.25, 0.3) is 5.91 Å². The molecule has 1 aliphatic heterocycles. The van der Waals surface area contributed by atoms with E-state index in [9.17, 15) is 9.59 Å². The van der Waals surface area contributed by atoms with E-state index < -0.39 is 0 Å². The van der Waals surface area contributed by atoms with Crippen molar-refractivity contribution in [2.45, 2.75) is 38.6 Å². The van der Waals surface area contributed by atoms with Crippen molar-refractivity contribution in [3.8, 4) is 11.5 Å². The number of amides is 2. The van der Waals surface area contributed by atoms with Gasteiger partial charge in [-0.1, -0.05) is 25.1 Å². The van der Waals surface area contributed by atoms with Crippen molar-refractivity contribution in [1.82, 2.24) is 15.2 Å². The van der Waals surface area contributed by atoms with Gasteiger partial charge in [0.2, 0.25) is 5.91 Å². The zero-order valence-electron chi connectivity index (χ0n) is 16.6. The van der Waals surface area contributed by atoms with Crippen LogP contribution in [-0.2, 0) is 4.79 Å². The number of carbonyl (C=O) groups excluding carboxylic acids is 2. The highest BCUT2D eigenvalue weighted by Crippen LogP contribution is 2.27. The second-order valence-electron chi connectivity index (χ2n) is 7.46. The number of carbonyl (C=O) groups is 2. The molecule has 1 aromatic carbocycles. The van der Waals surface area contributed by atoms with E-state index in [1.807, 2.05) is 54.3 Å². The van der Waals surface area contributed by atoms with E-state index in [2.05, 4.69) is 10.3 Å². The van der Waals surface area contributed by atoms with Crippen LogP contribution in [0.5, 0.6) is 0 Å². The van der Waals surface area contributed by atoms with Crippen molar-refractivity contribution in [3.05, 3.63) is 54.3 Å². The van der Waals surface area contributed by atoms with E-state index in [0.29, 0.717) is 36.5 Å². The standard InChI is InChI=1S/C23H25N3O3/c1-2-7-22(27)24-16-8-5-12-26(15-16)23(28)18-14-20(21-11-6-13-29-21)25-19-10-4-3-9-17(18)19/h3-4,6,9-11,13-14,16H,2,5,7-8,12,15H2,1H3,(H,24,27). The third kappa shape index (κ3) is 4.16. The minimum Gasteiger partial charge on any atom is -0.463 e. The Morgan fingerprint density at radius 3 is 2.90 bits per heavy atom. The first-order valence-electron chi connectivity index (χ1n) is 10.2. The van der Waals surface area contributed by atoms with E-state index in [-0.39, 0.29) is 17.9 Å². The molecule has 1 N–H and O–H groups in total. The van der Waals surface area contributed by atoms with Crippen molar-refractivity contribution < 1.29 is 14.0 Å². The highest BCUT2D eigenvalue weighted by Gasteiger charge is 2.27. The summed E-state index contributed by atoms with van der Waals surface area (Å²) >= 11 is 0. The molecule has 2 amide bonds. The fourth-order valence-electron chi connectivity index (χ4n) is 3.88.